The summed E-state index contributed by atoms with van der Waals surface area (Å²) >= 11 is 0. The van der Waals surface area contributed by atoms with Gasteiger partial charge in [-0.3, -0.25) is 14.5 Å². The zero-order chi connectivity index (χ0) is 28.9. The van der Waals surface area contributed by atoms with Crippen LogP contribution in [0.25, 0.3) is 0 Å². The Kier molecular flexibility index (Phi) is 11.5. The number of hydrogen-bond acceptors (Lipinski definition) is 5. The number of hydrogen-bond donors (Lipinski definition) is 4. The van der Waals surface area contributed by atoms with Crippen LogP contribution < -0.4 is 20.7 Å². The first kappa shape index (κ1) is 30.2. The van der Waals surface area contributed by atoms with Crippen LogP contribution in [0.4, 0.5) is 16.2 Å². The Morgan fingerprint density at radius 2 is 1.62 bits per heavy atom. The maximum Gasteiger partial charge on any atom is 0.323 e. The third-order valence-corrected chi connectivity index (χ3v) is 6.55. The average molecular weight is 547 g/mol. The number of carboxylic acids is 1. The first-order valence-corrected chi connectivity index (χ1v) is 13.4. The van der Waals surface area contributed by atoms with Gasteiger partial charge in [-0.25, -0.2) is 4.79 Å². The summed E-state index contributed by atoms with van der Waals surface area (Å²) < 4.78 is 5.58. The van der Waals surface area contributed by atoms with Crippen LogP contribution in [0.5, 0.6) is 5.75 Å². The van der Waals surface area contributed by atoms with Gasteiger partial charge in [0.05, 0.1) is 25.3 Å². The van der Waals surface area contributed by atoms with E-state index in [0.717, 1.165) is 16.7 Å². The van der Waals surface area contributed by atoms with E-state index >= 15 is 0 Å². The van der Waals surface area contributed by atoms with Gasteiger partial charge in [0, 0.05) is 31.7 Å². The molecule has 0 aliphatic carbocycles. The smallest absolute Gasteiger partial charge is 0.323 e. The number of amides is 3. The number of carbonyl (C=O) groups excluding carboxylic acids is 2. The molecule has 0 aliphatic rings. The van der Waals surface area contributed by atoms with E-state index < -0.39 is 12.0 Å². The van der Waals surface area contributed by atoms with Crippen molar-refractivity contribution in [3.8, 4) is 5.75 Å². The highest BCUT2D eigenvalue weighted by Crippen LogP contribution is 2.30. The van der Waals surface area contributed by atoms with Crippen molar-refractivity contribution in [2.24, 2.45) is 0 Å². The Morgan fingerprint density at radius 1 is 0.925 bits per heavy atom. The van der Waals surface area contributed by atoms with Crippen LogP contribution in [0.2, 0.25) is 0 Å². The SMILES string of the molecule is CCC(=O)NC(CCN(CCC(=O)O)Cc1ccccc1)c1ccc(NC(=O)Nc2ccccc2C)c(OC)c1. The Hall–Kier alpha value is -4.37. The molecule has 3 aromatic rings. The molecule has 1 unspecified atom stereocenters. The van der Waals surface area contributed by atoms with Crippen LogP contribution in [0.1, 0.15) is 48.9 Å². The second-order valence-corrected chi connectivity index (χ2v) is 9.52. The van der Waals surface area contributed by atoms with Crippen molar-refractivity contribution in [3.05, 3.63) is 89.5 Å². The molecule has 4 N–H and O–H groups in total. The van der Waals surface area contributed by atoms with E-state index in [-0.39, 0.29) is 18.4 Å². The molecule has 3 amide bonds. The number of carboxylic acid groups (broad SMARTS) is 1. The van der Waals surface area contributed by atoms with Gasteiger partial charge >= 0.3 is 12.0 Å². The molecule has 0 heterocycles. The van der Waals surface area contributed by atoms with Crippen molar-refractivity contribution >= 4 is 29.3 Å². The van der Waals surface area contributed by atoms with Crippen molar-refractivity contribution < 1.29 is 24.2 Å². The lowest BCUT2D eigenvalue weighted by atomic mass is 10.0. The number of urea groups is 1. The summed E-state index contributed by atoms with van der Waals surface area (Å²) in [4.78, 5) is 38.4. The summed E-state index contributed by atoms with van der Waals surface area (Å²) in [5, 5.41) is 18.0. The standard InChI is InChI=1S/C31H38N4O5/c1-4-29(36)32-26(16-18-35(19-17-30(37)38)21-23-11-6-5-7-12-23)24-14-15-27(28(20-24)40-3)34-31(39)33-25-13-9-8-10-22(25)2/h5-15,20,26H,4,16-19,21H2,1-3H3,(H,32,36)(H,37,38)(H2,33,34,39). The molecule has 0 aromatic heterocycles. The first-order valence-electron chi connectivity index (χ1n) is 13.4. The van der Waals surface area contributed by atoms with Crippen LogP contribution in [0.3, 0.4) is 0 Å². The molecule has 9 heteroatoms. The van der Waals surface area contributed by atoms with Gasteiger partial charge in [-0.1, -0.05) is 61.5 Å². The molecule has 0 fully saturated rings. The Bertz CT molecular complexity index is 1280. The number of aryl methyl sites for hydroxylation is 1. The molecule has 40 heavy (non-hydrogen) atoms. The molecule has 1 atom stereocenters. The van der Waals surface area contributed by atoms with E-state index in [1.54, 1.807) is 13.0 Å². The number of para-hydroxylation sites is 1. The van der Waals surface area contributed by atoms with Crippen LogP contribution in [-0.4, -0.2) is 48.1 Å². The molecule has 3 aromatic carbocycles. The fraction of sp³-hybridized carbons (Fsp3) is 0.323. The minimum absolute atomic E-state index is 0.0254. The van der Waals surface area contributed by atoms with Crippen molar-refractivity contribution in [1.29, 1.82) is 0 Å². The van der Waals surface area contributed by atoms with Gasteiger partial charge in [-0.2, -0.15) is 0 Å². The third-order valence-electron chi connectivity index (χ3n) is 6.55. The molecule has 0 radical (unpaired) electrons. The van der Waals surface area contributed by atoms with Crippen LogP contribution in [0.15, 0.2) is 72.8 Å². The first-order chi connectivity index (χ1) is 19.3. The van der Waals surface area contributed by atoms with Crippen molar-refractivity contribution in [2.45, 2.75) is 45.7 Å². The quantitative estimate of drug-likeness (QED) is 0.210. The summed E-state index contributed by atoms with van der Waals surface area (Å²) in [6.45, 7) is 5.27. The summed E-state index contributed by atoms with van der Waals surface area (Å²) in [6, 6.07) is 22.1. The van der Waals surface area contributed by atoms with Crippen LogP contribution in [0, 0.1) is 6.92 Å². The normalized spacial score (nSPS) is 11.5. The molecular weight excluding hydrogens is 508 g/mol. The van der Waals surface area contributed by atoms with Crippen LogP contribution >= 0.6 is 0 Å². The Morgan fingerprint density at radius 3 is 2.30 bits per heavy atom. The van der Waals surface area contributed by atoms with E-state index in [4.69, 9.17) is 4.74 Å². The second kappa shape index (κ2) is 15.3. The highest BCUT2D eigenvalue weighted by molar-refractivity contribution is 6.01. The third kappa shape index (κ3) is 9.43. The Labute approximate surface area is 235 Å². The minimum atomic E-state index is -0.854. The van der Waals surface area contributed by atoms with Gasteiger partial charge in [-0.05, 0) is 48.2 Å². The van der Waals surface area contributed by atoms with Gasteiger partial charge in [0.25, 0.3) is 0 Å². The number of aliphatic carboxylic acids is 1. The predicted octanol–water partition coefficient (Wildman–Crippen LogP) is 5.58. The lowest BCUT2D eigenvalue weighted by Crippen LogP contribution is -2.33. The highest BCUT2D eigenvalue weighted by atomic mass is 16.5. The van der Waals surface area contributed by atoms with Crippen molar-refractivity contribution in [3.63, 3.8) is 0 Å². The number of benzene rings is 3. The second-order valence-electron chi connectivity index (χ2n) is 9.52. The van der Waals surface area contributed by atoms with Gasteiger partial charge < -0.3 is 25.8 Å². The summed E-state index contributed by atoms with van der Waals surface area (Å²) in [7, 11) is 1.52. The lowest BCUT2D eigenvalue weighted by molar-refractivity contribution is -0.137. The fourth-order valence-electron chi connectivity index (χ4n) is 4.31. The molecule has 212 valence electrons. The summed E-state index contributed by atoms with van der Waals surface area (Å²) in [5.74, 6) is -0.489. The maximum atomic E-state index is 12.7. The fourth-order valence-corrected chi connectivity index (χ4v) is 4.31. The zero-order valence-electron chi connectivity index (χ0n) is 23.3. The maximum absolute atomic E-state index is 12.7. The molecule has 0 spiro atoms. The molecule has 0 saturated carbocycles. The molecule has 3 rings (SSSR count). The molecule has 0 bridgehead atoms. The molecule has 9 nitrogen and oxygen atoms in total. The monoisotopic (exact) mass is 546 g/mol. The van der Waals surface area contributed by atoms with E-state index in [2.05, 4.69) is 20.9 Å². The number of anilines is 2. The summed E-state index contributed by atoms with van der Waals surface area (Å²) in [5.41, 5.74) is 4.05. The van der Waals surface area contributed by atoms with E-state index in [9.17, 15) is 19.5 Å². The number of nitrogens with one attached hydrogen (secondary N) is 3. The predicted molar refractivity (Wildman–Crippen MR) is 157 cm³/mol. The summed E-state index contributed by atoms with van der Waals surface area (Å²) in [6.07, 6.45) is 0.915. The van der Waals surface area contributed by atoms with Gasteiger partial charge in [0.15, 0.2) is 0 Å². The zero-order valence-corrected chi connectivity index (χ0v) is 23.3. The number of carbonyl (C=O) groups is 3. The molecule has 0 aliphatic heterocycles. The number of rotatable bonds is 14. The van der Waals surface area contributed by atoms with Crippen molar-refractivity contribution in [1.82, 2.24) is 10.2 Å². The van der Waals surface area contributed by atoms with Crippen LogP contribution in [-0.2, 0) is 16.1 Å². The lowest BCUT2D eigenvalue weighted by Gasteiger charge is -2.26. The largest absolute Gasteiger partial charge is 0.495 e. The van der Waals surface area contributed by atoms with E-state index in [1.165, 1.54) is 7.11 Å². The van der Waals surface area contributed by atoms with Crippen molar-refractivity contribution in [2.75, 3.05) is 30.8 Å². The topological polar surface area (TPSA) is 120 Å². The van der Waals surface area contributed by atoms with Gasteiger partial charge in [0.1, 0.15) is 5.75 Å². The van der Waals surface area contributed by atoms with Gasteiger partial charge in [0.2, 0.25) is 5.91 Å². The number of ether oxygens (including phenoxy) is 1. The Balaban J connectivity index is 1.76. The van der Waals surface area contributed by atoms with E-state index in [1.807, 2.05) is 73.7 Å². The molecular formula is C31H38N4O5. The number of nitrogens with zero attached hydrogens (tertiary/aromatic N) is 1. The van der Waals surface area contributed by atoms with E-state index in [0.29, 0.717) is 49.6 Å². The minimum Gasteiger partial charge on any atom is -0.495 e. The van der Waals surface area contributed by atoms with Gasteiger partial charge in [-0.15, -0.1) is 0 Å². The average Bonchev–Trinajstić information content (AvgIpc) is 2.95. The highest BCUT2D eigenvalue weighted by Gasteiger charge is 2.19. The number of methoxy groups -OCH3 is 1. The molecule has 0 saturated heterocycles.